The van der Waals surface area contributed by atoms with Gasteiger partial charge in [0.1, 0.15) is 8.96 Å². The van der Waals surface area contributed by atoms with Gasteiger partial charge in [0.25, 0.3) is 0 Å². The van der Waals surface area contributed by atoms with Crippen LogP contribution >= 0.6 is 0 Å². The third kappa shape index (κ3) is 5.27. The quantitative estimate of drug-likeness (QED) is 0.570. The molecular formula is C11H25NSi. The smallest absolute Gasteiger partial charge is 0.135 e. The second-order valence-corrected chi connectivity index (χ2v) is 6.60. The summed E-state index contributed by atoms with van der Waals surface area (Å²) in [5, 5.41) is 0. The van der Waals surface area contributed by atoms with Crippen LogP contribution in [0.3, 0.4) is 0 Å². The van der Waals surface area contributed by atoms with Gasteiger partial charge in [-0.05, 0) is 38.9 Å². The van der Waals surface area contributed by atoms with Crippen molar-refractivity contribution in [1.82, 2.24) is 4.57 Å². The molecule has 0 aliphatic rings. The molecule has 0 N–H and O–H groups in total. The average Bonchev–Trinajstić information content (AvgIpc) is 2.14. The topological polar surface area (TPSA) is 3.24 Å². The van der Waals surface area contributed by atoms with Crippen LogP contribution in [0.2, 0.25) is 6.04 Å². The molecule has 0 radical (unpaired) electrons. The van der Waals surface area contributed by atoms with E-state index < -0.39 is 8.96 Å². The maximum absolute atomic E-state index is 2.72. The second-order valence-electron chi connectivity index (χ2n) is 3.54. The maximum atomic E-state index is 2.72. The second kappa shape index (κ2) is 8.51. The highest BCUT2D eigenvalue weighted by molar-refractivity contribution is 6.61. The minimum Gasteiger partial charge on any atom is -0.323 e. The molecule has 0 rings (SSSR count). The van der Waals surface area contributed by atoms with E-state index in [1.54, 1.807) is 0 Å². The van der Waals surface area contributed by atoms with Crippen molar-refractivity contribution in [2.24, 2.45) is 0 Å². The summed E-state index contributed by atoms with van der Waals surface area (Å²) in [5.41, 5.74) is 2.46. The van der Waals surface area contributed by atoms with Crippen molar-refractivity contribution in [3.05, 3.63) is 11.8 Å². The van der Waals surface area contributed by atoms with Gasteiger partial charge in [0.2, 0.25) is 0 Å². The largest absolute Gasteiger partial charge is 0.323 e. The fourth-order valence-electron chi connectivity index (χ4n) is 1.76. The number of nitrogens with zero attached hydrogens (tertiary/aromatic N) is 1. The van der Waals surface area contributed by atoms with Crippen LogP contribution in [0.25, 0.3) is 0 Å². The van der Waals surface area contributed by atoms with E-state index in [9.17, 15) is 0 Å². The molecule has 1 atom stereocenters. The molecule has 0 aromatic carbocycles. The Morgan fingerprint density at radius 1 is 1.08 bits per heavy atom. The SMILES string of the molecule is CC=C[SiH](CC)N(CCC)CCC. The number of hydrogen-bond donors (Lipinski definition) is 0. The van der Waals surface area contributed by atoms with Crippen molar-refractivity contribution in [2.75, 3.05) is 13.1 Å². The first-order valence-electron chi connectivity index (χ1n) is 5.66. The maximum Gasteiger partial charge on any atom is 0.135 e. The van der Waals surface area contributed by atoms with E-state index in [1.165, 1.54) is 32.0 Å². The molecule has 78 valence electrons. The van der Waals surface area contributed by atoms with Crippen LogP contribution in [0.5, 0.6) is 0 Å². The highest BCUT2D eigenvalue weighted by atomic mass is 28.3. The van der Waals surface area contributed by atoms with Gasteiger partial charge in [-0.2, -0.15) is 0 Å². The zero-order valence-electron chi connectivity index (χ0n) is 9.71. The minimum absolute atomic E-state index is 0.710. The van der Waals surface area contributed by atoms with E-state index in [2.05, 4.69) is 44.0 Å². The third-order valence-corrected chi connectivity index (χ3v) is 5.44. The molecular weight excluding hydrogens is 174 g/mol. The van der Waals surface area contributed by atoms with Crippen LogP contribution in [0.1, 0.15) is 40.5 Å². The lowest BCUT2D eigenvalue weighted by Gasteiger charge is -2.27. The van der Waals surface area contributed by atoms with Crippen LogP contribution in [0, 0.1) is 0 Å². The van der Waals surface area contributed by atoms with Gasteiger partial charge in [0.05, 0.1) is 0 Å². The van der Waals surface area contributed by atoms with Crippen LogP contribution in [-0.4, -0.2) is 26.6 Å². The summed E-state index contributed by atoms with van der Waals surface area (Å²) in [4.78, 5) is 0. The molecule has 0 aromatic heterocycles. The van der Waals surface area contributed by atoms with Gasteiger partial charge < -0.3 is 4.57 Å². The van der Waals surface area contributed by atoms with E-state index in [1.807, 2.05) is 0 Å². The molecule has 1 nitrogen and oxygen atoms in total. The van der Waals surface area contributed by atoms with Crippen molar-refractivity contribution >= 4 is 8.96 Å². The summed E-state index contributed by atoms with van der Waals surface area (Å²) in [6.45, 7) is 11.6. The van der Waals surface area contributed by atoms with Gasteiger partial charge in [0.15, 0.2) is 0 Å². The van der Waals surface area contributed by atoms with Gasteiger partial charge in [0, 0.05) is 0 Å². The molecule has 0 aliphatic carbocycles. The summed E-state index contributed by atoms with van der Waals surface area (Å²) < 4.78 is 2.72. The average molecular weight is 199 g/mol. The van der Waals surface area contributed by atoms with E-state index in [-0.39, 0.29) is 0 Å². The van der Waals surface area contributed by atoms with Crippen molar-refractivity contribution in [1.29, 1.82) is 0 Å². The van der Waals surface area contributed by atoms with E-state index in [0.29, 0.717) is 0 Å². The molecule has 0 aromatic rings. The molecule has 0 bridgehead atoms. The molecule has 0 aliphatic heterocycles. The first kappa shape index (κ1) is 12.9. The number of hydrogen-bond acceptors (Lipinski definition) is 1. The predicted octanol–water partition coefficient (Wildman–Crippen LogP) is 2.97. The highest BCUT2D eigenvalue weighted by Crippen LogP contribution is 2.04. The summed E-state index contributed by atoms with van der Waals surface area (Å²) >= 11 is 0. The Kier molecular flexibility index (Phi) is 8.46. The highest BCUT2D eigenvalue weighted by Gasteiger charge is 2.12. The zero-order valence-corrected chi connectivity index (χ0v) is 10.9. The lowest BCUT2D eigenvalue weighted by atomic mass is 10.4. The van der Waals surface area contributed by atoms with Crippen molar-refractivity contribution in [3.8, 4) is 0 Å². The van der Waals surface area contributed by atoms with Gasteiger partial charge in [-0.3, -0.25) is 0 Å². The predicted molar refractivity (Wildman–Crippen MR) is 64.6 cm³/mol. The monoisotopic (exact) mass is 199 g/mol. The summed E-state index contributed by atoms with van der Waals surface area (Å²) in [5.74, 6) is 0. The lowest BCUT2D eigenvalue weighted by Crippen LogP contribution is -2.38. The Labute approximate surface area is 85.5 Å². The van der Waals surface area contributed by atoms with Crippen LogP contribution in [0.15, 0.2) is 11.8 Å². The Morgan fingerprint density at radius 2 is 1.62 bits per heavy atom. The summed E-state index contributed by atoms with van der Waals surface area (Å²) in [7, 11) is -0.710. The minimum atomic E-state index is -0.710. The van der Waals surface area contributed by atoms with Crippen LogP contribution in [0.4, 0.5) is 0 Å². The first-order chi connectivity index (χ1) is 6.29. The molecule has 13 heavy (non-hydrogen) atoms. The van der Waals surface area contributed by atoms with Crippen LogP contribution < -0.4 is 0 Å². The Hall–Kier alpha value is -0.0831. The normalized spacial score (nSPS) is 14.2. The van der Waals surface area contributed by atoms with Crippen molar-refractivity contribution < 1.29 is 0 Å². The standard InChI is InChI=1S/C11H25NSi/c1-5-9-12(10-6-2)13(8-4)11-7-3/h7,11,13H,5-6,8-10H2,1-4H3. The molecule has 1 unspecified atom stereocenters. The lowest BCUT2D eigenvalue weighted by molar-refractivity contribution is 0.432. The molecule has 0 amide bonds. The molecule has 0 heterocycles. The van der Waals surface area contributed by atoms with Crippen molar-refractivity contribution in [3.63, 3.8) is 0 Å². The molecule has 0 spiro atoms. The molecule has 0 saturated carbocycles. The van der Waals surface area contributed by atoms with Gasteiger partial charge in [-0.15, -0.1) is 0 Å². The zero-order chi connectivity index (χ0) is 10.1. The fraction of sp³-hybridized carbons (Fsp3) is 0.818. The Bertz CT molecular complexity index is 128. The van der Waals surface area contributed by atoms with E-state index in [0.717, 1.165) is 0 Å². The molecule has 0 fully saturated rings. The van der Waals surface area contributed by atoms with Crippen LogP contribution in [-0.2, 0) is 0 Å². The number of allylic oxidation sites excluding steroid dienone is 1. The van der Waals surface area contributed by atoms with E-state index in [4.69, 9.17) is 0 Å². The van der Waals surface area contributed by atoms with Gasteiger partial charge in [-0.25, -0.2) is 0 Å². The van der Waals surface area contributed by atoms with E-state index >= 15 is 0 Å². The molecule has 2 heteroatoms. The Balaban J connectivity index is 4.10. The van der Waals surface area contributed by atoms with Crippen molar-refractivity contribution in [2.45, 2.75) is 46.6 Å². The third-order valence-electron chi connectivity index (χ3n) is 2.32. The number of rotatable bonds is 7. The Morgan fingerprint density at radius 3 is 1.92 bits per heavy atom. The first-order valence-corrected chi connectivity index (χ1v) is 7.66. The summed E-state index contributed by atoms with van der Waals surface area (Å²) in [6, 6.07) is 1.37. The molecule has 0 saturated heterocycles. The van der Waals surface area contributed by atoms with Gasteiger partial charge >= 0.3 is 0 Å². The fourth-order valence-corrected chi connectivity index (χ4v) is 4.41. The summed E-state index contributed by atoms with van der Waals surface area (Å²) in [6.07, 6.45) is 4.82. The van der Waals surface area contributed by atoms with Gasteiger partial charge in [-0.1, -0.05) is 32.5 Å².